The van der Waals surface area contributed by atoms with Crippen LogP contribution in [0.4, 0.5) is 11.5 Å². The summed E-state index contributed by atoms with van der Waals surface area (Å²) in [5.41, 5.74) is 4.34. The second kappa shape index (κ2) is 7.29. The van der Waals surface area contributed by atoms with E-state index in [2.05, 4.69) is 52.6 Å². The molecule has 1 aliphatic carbocycles. The summed E-state index contributed by atoms with van der Waals surface area (Å²) in [6.45, 7) is 2.25. The van der Waals surface area contributed by atoms with Crippen molar-refractivity contribution in [3.05, 3.63) is 53.3 Å². The maximum atomic E-state index is 5.09. The molecule has 4 aromatic rings. The number of nitrogens with zero attached hydrogens (tertiary/aromatic N) is 4. The highest BCUT2D eigenvalue weighted by Gasteiger charge is 2.27. The zero-order valence-electron chi connectivity index (χ0n) is 17.1. The van der Waals surface area contributed by atoms with Gasteiger partial charge in [-0.2, -0.15) is 0 Å². The van der Waals surface area contributed by atoms with Gasteiger partial charge in [0.15, 0.2) is 0 Å². The van der Waals surface area contributed by atoms with Crippen molar-refractivity contribution in [2.75, 3.05) is 25.5 Å². The molecule has 0 unspecified atom stereocenters. The molecule has 1 aromatic carbocycles. The standard InChI is InChI=1S/C24H25N5S/c1-29-11-8-15(9-12-29)20-14-21-18(3-2-10-25-21)23(27-20)26-17-6-7-19-22(13-17)30-24(28-19)16-4-5-16/h2-3,6-7,10,13-16H,4-5,8-9,11-12H2,1H3,(H,26,27). The third kappa shape index (κ3) is 3.44. The number of piperidine rings is 1. The molecule has 152 valence electrons. The highest BCUT2D eigenvalue weighted by Crippen LogP contribution is 2.43. The zero-order chi connectivity index (χ0) is 20.1. The van der Waals surface area contributed by atoms with E-state index in [1.54, 1.807) is 0 Å². The summed E-state index contributed by atoms with van der Waals surface area (Å²) in [4.78, 5) is 16.9. The smallest absolute Gasteiger partial charge is 0.140 e. The maximum absolute atomic E-state index is 5.09. The van der Waals surface area contributed by atoms with Gasteiger partial charge in [0.1, 0.15) is 5.82 Å². The SMILES string of the molecule is CN1CCC(c2cc3ncccc3c(Nc3ccc4nc(C5CC5)sc4c3)n2)CC1. The van der Waals surface area contributed by atoms with Gasteiger partial charge in [-0.1, -0.05) is 0 Å². The van der Waals surface area contributed by atoms with Gasteiger partial charge in [-0.15, -0.1) is 11.3 Å². The lowest BCUT2D eigenvalue weighted by Gasteiger charge is -2.29. The van der Waals surface area contributed by atoms with E-state index in [-0.39, 0.29) is 0 Å². The van der Waals surface area contributed by atoms with E-state index < -0.39 is 0 Å². The molecule has 0 atom stereocenters. The van der Waals surface area contributed by atoms with E-state index >= 15 is 0 Å². The number of likely N-dealkylation sites (tertiary alicyclic amines) is 1. The molecule has 0 amide bonds. The Bertz CT molecular complexity index is 1220. The normalized spacial score (nSPS) is 18.3. The van der Waals surface area contributed by atoms with Crippen LogP contribution in [0.2, 0.25) is 0 Å². The molecule has 3 aromatic heterocycles. The molecule has 1 N–H and O–H groups in total. The molecule has 0 radical (unpaired) electrons. The van der Waals surface area contributed by atoms with Crippen molar-refractivity contribution >= 4 is 44.0 Å². The largest absolute Gasteiger partial charge is 0.340 e. The summed E-state index contributed by atoms with van der Waals surface area (Å²) in [6.07, 6.45) is 6.75. The highest BCUT2D eigenvalue weighted by atomic mass is 32.1. The molecule has 1 saturated heterocycles. The lowest BCUT2D eigenvalue weighted by molar-refractivity contribution is 0.253. The number of hydrogen-bond acceptors (Lipinski definition) is 6. The molecule has 4 heterocycles. The molecule has 0 bridgehead atoms. The quantitative estimate of drug-likeness (QED) is 0.465. The van der Waals surface area contributed by atoms with E-state index in [1.807, 2.05) is 23.6 Å². The first-order valence-electron chi connectivity index (χ1n) is 10.8. The molecule has 2 aliphatic rings. The van der Waals surface area contributed by atoms with Crippen LogP contribution >= 0.6 is 11.3 Å². The summed E-state index contributed by atoms with van der Waals surface area (Å²) < 4.78 is 1.25. The first-order valence-corrected chi connectivity index (χ1v) is 11.7. The Hall–Kier alpha value is -2.57. The molecule has 30 heavy (non-hydrogen) atoms. The molecule has 1 saturated carbocycles. The molecule has 0 spiro atoms. The Labute approximate surface area is 180 Å². The van der Waals surface area contributed by atoms with E-state index in [4.69, 9.17) is 9.97 Å². The van der Waals surface area contributed by atoms with Crippen LogP contribution in [0.15, 0.2) is 42.6 Å². The van der Waals surface area contributed by atoms with Gasteiger partial charge in [-0.3, -0.25) is 4.98 Å². The number of pyridine rings is 2. The van der Waals surface area contributed by atoms with Crippen LogP contribution in [-0.4, -0.2) is 40.0 Å². The minimum atomic E-state index is 0.498. The summed E-state index contributed by atoms with van der Waals surface area (Å²) in [5, 5.41) is 5.96. The number of anilines is 2. The summed E-state index contributed by atoms with van der Waals surface area (Å²) in [5.74, 6) is 2.10. The van der Waals surface area contributed by atoms with Crippen LogP contribution in [0.25, 0.3) is 21.1 Å². The van der Waals surface area contributed by atoms with Crippen molar-refractivity contribution in [2.45, 2.75) is 37.5 Å². The minimum Gasteiger partial charge on any atom is -0.340 e. The summed E-state index contributed by atoms with van der Waals surface area (Å²) in [7, 11) is 2.20. The molecule has 6 rings (SSSR count). The fraction of sp³-hybridized carbons (Fsp3) is 0.375. The minimum absolute atomic E-state index is 0.498. The topological polar surface area (TPSA) is 53.9 Å². The number of fused-ring (bicyclic) bond motifs is 2. The molecule has 2 fully saturated rings. The average molecular weight is 416 g/mol. The predicted octanol–water partition coefficient (Wildman–Crippen LogP) is 5.67. The fourth-order valence-corrected chi connectivity index (χ4v) is 5.54. The highest BCUT2D eigenvalue weighted by molar-refractivity contribution is 7.18. The van der Waals surface area contributed by atoms with Crippen LogP contribution in [0, 0.1) is 0 Å². The van der Waals surface area contributed by atoms with Gasteiger partial charge in [-0.25, -0.2) is 9.97 Å². The van der Waals surface area contributed by atoms with E-state index in [1.165, 1.54) is 22.5 Å². The van der Waals surface area contributed by atoms with Crippen molar-refractivity contribution in [1.82, 2.24) is 19.9 Å². The van der Waals surface area contributed by atoms with Crippen molar-refractivity contribution < 1.29 is 0 Å². The van der Waals surface area contributed by atoms with Crippen LogP contribution in [0.3, 0.4) is 0 Å². The van der Waals surface area contributed by atoms with Gasteiger partial charge in [0.2, 0.25) is 0 Å². The summed E-state index contributed by atoms with van der Waals surface area (Å²) in [6, 6.07) is 12.7. The lowest BCUT2D eigenvalue weighted by atomic mass is 9.93. The van der Waals surface area contributed by atoms with Crippen molar-refractivity contribution in [1.29, 1.82) is 0 Å². The second-order valence-electron chi connectivity index (χ2n) is 8.68. The van der Waals surface area contributed by atoms with Crippen molar-refractivity contribution in [3.8, 4) is 0 Å². The number of thiazole rings is 1. The van der Waals surface area contributed by atoms with Gasteiger partial charge in [0, 0.05) is 34.8 Å². The number of aromatic nitrogens is 3. The van der Waals surface area contributed by atoms with Crippen LogP contribution in [0.5, 0.6) is 0 Å². The van der Waals surface area contributed by atoms with Crippen molar-refractivity contribution in [2.24, 2.45) is 0 Å². The molecular weight excluding hydrogens is 390 g/mol. The van der Waals surface area contributed by atoms with Crippen LogP contribution in [0.1, 0.15) is 48.2 Å². The van der Waals surface area contributed by atoms with E-state index in [0.717, 1.165) is 59.5 Å². The van der Waals surface area contributed by atoms with Crippen LogP contribution in [-0.2, 0) is 0 Å². The Morgan fingerprint density at radius 1 is 0.967 bits per heavy atom. The Morgan fingerprint density at radius 3 is 2.67 bits per heavy atom. The number of rotatable bonds is 4. The van der Waals surface area contributed by atoms with Gasteiger partial charge >= 0.3 is 0 Å². The van der Waals surface area contributed by atoms with Gasteiger partial charge in [-0.05, 0) is 82.2 Å². The first-order chi connectivity index (χ1) is 14.7. The first kappa shape index (κ1) is 18.2. The third-order valence-corrected chi connectivity index (χ3v) is 7.53. The monoisotopic (exact) mass is 415 g/mol. The molecular formula is C24H25N5S. The van der Waals surface area contributed by atoms with Crippen molar-refractivity contribution in [3.63, 3.8) is 0 Å². The Balaban J connectivity index is 1.37. The molecule has 5 nitrogen and oxygen atoms in total. The second-order valence-corrected chi connectivity index (χ2v) is 9.74. The molecule has 6 heteroatoms. The molecule has 1 aliphatic heterocycles. The van der Waals surface area contributed by atoms with E-state index in [0.29, 0.717) is 11.8 Å². The Kier molecular flexibility index (Phi) is 4.43. The van der Waals surface area contributed by atoms with E-state index in [9.17, 15) is 0 Å². The third-order valence-electron chi connectivity index (χ3n) is 6.35. The van der Waals surface area contributed by atoms with Crippen LogP contribution < -0.4 is 5.32 Å². The van der Waals surface area contributed by atoms with Gasteiger partial charge in [0.25, 0.3) is 0 Å². The lowest BCUT2D eigenvalue weighted by Crippen LogP contribution is -2.29. The fourth-order valence-electron chi connectivity index (χ4n) is 4.37. The Morgan fingerprint density at radius 2 is 1.83 bits per heavy atom. The summed E-state index contributed by atoms with van der Waals surface area (Å²) >= 11 is 1.83. The number of nitrogens with one attached hydrogen (secondary N) is 1. The zero-order valence-corrected chi connectivity index (χ0v) is 18.0. The number of benzene rings is 1. The van der Waals surface area contributed by atoms with Gasteiger partial charge < -0.3 is 10.2 Å². The number of hydrogen-bond donors (Lipinski definition) is 1. The van der Waals surface area contributed by atoms with Gasteiger partial charge in [0.05, 0.1) is 20.7 Å². The average Bonchev–Trinajstić information content (AvgIpc) is 3.53. The predicted molar refractivity (Wildman–Crippen MR) is 124 cm³/mol. The maximum Gasteiger partial charge on any atom is 0.140 e.